The molecular weight excluding hydrogens is 407 g/mol. The number of alkyl halides is 1. The molecule has 1 aromatic rings. The van der Waals surface area contributed by atoms with Gasteiger partial charge in [-0.15, -0.1) is 0 Å². The molecule has 0 radical (unpaired) electrons. The van der Waals surface area contributed by atoms with E-state index in [2.05, 4.69) is 10.3 Å². The van der Waals surface area contributed by atoms with E-state index < -0.39 is 17.6 Å². The molecule has 3 atom stereocenters. The molecule has 3 rings (SSSR count). The van der Waals surface area contributed by atoms with Crippen molar-refractivity contribution in [1.29, 1.82) is 0 Å². The van der Waals surface area contributed by atoms with Gasteiger partial charge in [0.05, 0.1) is 17.7 Å². The first-order chi connectivity index (χ1) is 14.3. The highest BCUT2D eigenvalue weighted by molar-refractivity contribution is 8.13. The molecule has 1 aliphatic carbocycles. The van der Waals surface area contributed by atoms with Gasteiger partial charge >= 0.3 is 0 Å². The van der Waals surface area contributed by atoms with Crippen LogP contribution in [0.25, 0.3) is 0 Å². The van der Waals surface area contributed by atoms with Crippen LogP contribution in [0.1, 0.15) is 23.7 Å². The van der Waals surface area contributed by atoms with Crippen LogP contribution < -0.4 is 21.5 Å². The molecule has 0 fully saturated rings. The van der Waals surface area contributed by atoms with Gasteiger partial charge in [-0.2, -0.15) is 0 Å². The van der Waals surface area contributed by atoms with E-state index in [4.69, 9.17) is 20.9 Å². The predicted octanol–water partition coefficient (Wildman–Crippen LogP) is 2.64. The summed E-state index contributed by atoms with van der Waals surface area (Å²) in [6.07, 6.45) is 4.21. The number of rotatable bonds is 7. The van der Waals surface area contributed by atoms with E-state index in [1.165, 1.54) is 17.8 Å². The summed E-state index contributed by atoms with van der Waals surface area (Å²) in [6.45, 7) is 2.73. The number of nitrogens with one attached hydrogen (secondary N) is 1. The standard InChI is InChI=1S/C21H27FN4O3S/c1-21(7-10-30-20(24)26-21)16-11-13(3-6-17(16)22)25-19(27)15-5-4-14(12-18(15)23)29-9-8-28-2/h3-6,11-12,16-17H,7-10,23H2,1-2H3,(H2,24,26)(H,25,27)/t16?,17?,21-/m0/s1. The minimum atomic E-state index is -1.20. The first-order valence-corrected chi connectivity index (χ1v) is 10.7. The summed E-state index contributed by atoms with van der Waals surface area (Å²) >= 11 is 1.47. The molecule has 2 aliphatic rings. The van der Waals surface area contributed by atoms with Crippen LogP contribution in [0, 0.1) is 5.92 Å². The normalized spacial score (nSPS) is 26.0. The van der Waals surface area contributed by atoms with Gasteiger partial charge in [0.2, 0.25) is 0 Å². The number of amides is 1. The maximum absolute atomic E-state index is 14.7. The number of nitrogens with zero attached hydrogens (tertiary/aromatic N) is 1. The van der Waals surface area contributed by atoms with Crippen molar-refractivity contribution in [2.45, 2.75) is 25.1 Å². The van der Waals surface area contributed by atoms with Crippen molar-refractivity contribution in [2.75, 3.05) is 31.8 Å². The molecule has 1 heterocycles. The number of carbonyl (C=O) groups is 1. The van der Waals surface area contributed by atoms with Gasteiger partial charge in [-0.1, -0.05) is 17.8 Å². The second-order valence-electron chi connectivity index (χ2n) is 7.40. The third-order valence-electron chi connectivity index (χ3n) is 5.19. The van der Waals surface area contributed by atoms with Gasteiger partial charge in [0.15, 0.2) is 5.17 Å². The number of carbonyl (C=O) groups excluding carboxylic acids is 1. The van der Waals surface area contributed by atoms with E-state index in [-0.39, 0.29) is 11.6 Å². The number of thioether (sulfide) groups is 1. The zero-order valence-electron chi connectivity index (χ0n) is 17.1. The first-order valence-electron chi connectivity index (χ1n) is 9.67. The SMILES string of the molecule is COCCOc1ccc(C(=O)NC2=CC([C@]3(C)CCSC(N)=N3)C(F)C=C2)c(N)c1. The number of nitrogen functional groups attached to an aromatic ring is 1. The molecule has 0 saturated heterocycles. The van der Waals surface area contributed by atoms with Crippen molar-refractivity contribution in [3.8, 4) is 5.75 Å². The van der Waals surface area contributed by atoms with Crippen LogP contribution >= 0.6 is 11.8 Å². The average molecular weight is 435 g/mol. The molecule has 30 heavy (non-hydrogen) atoms. The Morgan fingerprint density at radius 1 is 1.40 bits per heavy atom. The molecule has 1 amide bonds. The Morgan fingerprint density at radius 2 is 2.20 bits per heavy atom. The van der Waals surface area contributed by atoms with Crippen LogP contribution in [-0.2, 0) is 4.74 Å². The number of halogens is 1. The van der Waals surface area contributed by atoms with Crippen molar-refractivity contribution < 1.29 is 18.7 Å². The summed E-state index contributed by atoms with van der Waals surface area (Å²) in [5, 5.41) is 3.27. The number of anilines is 1. The zero-order chi connectivity index (χ0) is 21.7. The fourth-order valence-corrected chi connectivity index (χ4v) is 4.48. The topological polar surface area (TPSA) is 112 Å². The molecule has 5 N–H and O–H groups in total. The molecule has 2 unspecified atom stereocenters. The van der Waals surface area contributed by atoms with E-state index in [0.717, 1.165) is 5.75 Å². The van der Waals surface area contributed by atoms with Crippen LogP contribution in [0.15, 0.2) is 47.1 Å². The largest absolute Gasteiger partial charge is 0.491 e. The molecule has 0 spiro atoms. The van der Waals surface area contributed by atoms with Gasteiger partial charge in [0.1, 0.15) is 18.5 Å². The van der Waals surface area contributed by atoms with Gasteiger partial charge in [0.25, 0.3) is 5.91 Å². The Kier molecular flexibility index (Phi) is 7.04. The van der Waals surface area contributed by atoms with Crippen LogP contribution in [0.5, 0.6) is 5.75 Å². The molecule has 7 nitrogen and oxygen atoms in total. The number of amidine groups is 1. The predicted molar refractivity (Wildman–Crippen MR) is 118 cm³/mol. The summed E-state index contributed by atoms with van der Waals surface area (Å²) in [5.74, 6) is 0.432. The van der Waals surface area contributed by atoms with E-state index in [1.807, 2.05) is 6.92 Å². The first kappa shape index (κ1) is 22.2. The molecule has 0 saturated carbocycles. The Labute approximate surface area is 179 Å². The Balaban J connectivity index is 1.73. The number of nitrogens with two attached hydrogens (primary N) is 2. The smallest absolute Gasteiger partial charge is 0.257 e. The molecule has 9 heteroatoms. The fraction of sp³-hybridized carbons (Fsp3) is 0.429. The van der Waals surface area contributed by atoms with Crippen molar-refractivity contribution in [2.24, 2.45) is 16.6 Å². The maximum Gasteiger partial charge on any atom is 0.257 e. The lowest BCUT2D eigenvalue weighted by molar-refractivity contribution is 0.0966. The highest BCUT2D eigenvalue weighted by Crippen LogP contribution is 2.38. The van der Waals surface area contributed by atoms with Gasteiger partial charge < -0.3 is 26.3 Å². The van der Waals surface area contributed by atoms with Gasteiger partial charge in [0, 0.05) is 36.2 Å². The lowest BCUT2D eigenvalue weighted by Gasteiger charge is -2.37. The number of methoxy groups -OCH3 is 1. The van der Waals surface area contributed by atoms with Crippen molar-refractivity contribution in [3.05, 3.63) is 47.7 Å². The summed E-state index contributed by atoms with van der Waals surface area (Å²) in [7, 11) is 1.59. The van der Waals surface area contributed by atoms with E-state index >= 15 is 0 Å². The summed E-state index contributed by atoms with van der Waals surface area (Å²) < 4.78 is 25.1. The zero-order valence-corrected chi connectivity index (χ0v) is 17.9. The second-order valence-corrected chi connectivity index (χ2v) is 8.52. The highest BCUT2D eigenvalue weighted by atomic mass is 32.2. The number of hydrogen-bond acceptors (Lipinski definition) is 7. The lowest BCUT2D eigenvalue weighted by atomic mass is 9.78. The van der Waals surface area contributed by atoms with Gasteiger partial charge in [-0.3, -0.25) is 9.79 Å². The van der Waals surface area contributed by atoms with Crippen LogP contribution in [0.4, 0.5) is 10.1 Å². The molecule has 162 valence electrons. The minimum absolute atomic E-state index is 0.288. The second kappa shape index (κ2) is 9.53. The Morgan fingerprint density at radius 3 is 2.90 bits per heavy atom. The number of allylic oxidation sites excluding steroid dienone is 2. The highest BCUT2D eigenvalue weighted by Gasteiger charge is 2.40. The quantitative estimate of drug-likeness (QED) is 0.449. The third-order valence-corrected chi connectivity index (χ3v) is 5.98. The molecule has 0 bridgehead atoms. The molecular formula is C21H27FN4O3S. The summed E-state index contributed by atoms with van der Waals surface area (Å²) in [5.41, 5.74) is 12.4. The van der Waals surface area contributed by atoms with Crippen molar-refractivity contribution in [1.82, 2.24) is 5.32 Å². The minimum Gasteiger partial charge on any atom is -0.491 e. The Hall–Kier alpha value is -2.52. The maximum atomic E-state index is 14.7. The van der Waals surface area contributed by atoms with Crippen molar-refractivity contribution in [3.63, 3.8) is 0 Å². The number of ether oxygens (including phenoxy) is 2. The van der Waals surface area contributed by atoms with Gasteiger partial charge in [-0.25, -0.2) is 4.39 Å². The molecule has 0 aromatic heterocycles. The van der Waals surface area contributed by atoms with Crippen LogP contribution in [-0.4, -0.2) is 48.9 Å². The third kappa shape index (κ3) is 5.14. The number of aliphatic imine (C=N–C) groups is 1. The van der Waals surface area contributed by atoms with Crippen molar-refractivity contribution >= 4 is 28.5 Å². The average Bonchev–Trinajstić information content (AvgIpc) is 2.69. The van der Waals surface area contributed by atoms with Gasteiger partial charge in [-0.05, 0) is 37.6 Å². The van der Waals surface area contributed by atoms with E-state index in [9.17, 15) is 9.18 Å². The fourth-order valence-electron chi connectivity index (χ4n) is 3.48. The monoisotopic (exact) mass is 434 g/mol. The summed E-state index contributed by atoms with van der Waals surface area (Å²) in [6, 6.07) is 4.86. The van der Waals surface area contributed by atoms with E-state index in [1.54, 1.807) is 37.5 Å². The van der Waals surface area contributed by atoms with Crippen LogP contribution in [0.2, 0.25) is 0 Å². The van der Waals surface area contributed by atoms with Crippen LogP contribution in [0.3, 0.4) is 0 Å². The Bertz CT molecular complexity index is 889. The summed E-state index contributed by atoms with van der Waals surface area (Å²) in [4.78, 5) is 17.2. The number of benzene rings is 1. The number of hydrogen-bond donors (Lipinski definition) is 3. The molecule has 1 aliphatic heterocycles. The lowest BCUT2D eigenvalue weighted by Crippen LogP contribution is -2.43. The molecule has 1 aromatic carbocycles. The van der Waals surface area contributed by atoms with E-state index in [0.29, 0.717) is 41.8 Å².